The monoisotopic (exact) mass is 397 g/mol. The van der Waals surface area contributed by atoms with Gasteiger partial charge in [0, 0.05) is 19.6 Å². The van der Waals surface area contributed by atoms with E-state index in [-0.39, 0.29) is 18.7 Å². The molecule has 2 aromatic rings. The first-order valence-corrected chi connectivity index (χ1v) is 10.3. The Hall–Kier alpha value is -2.37. The molecule has 1 saturated heterocycles. The zero-order valence-corrected chi connectivity index (χ0v) is 17.5. The first kappa shape index (κ1) is 21.3. The first-order chi connectivity index (χ1) is 13.8. The molecule has 2 atom stereocenters. The molecule has 0 bridgehead atoms. The number of cyclic esters (lactones) is 1. The lowest BCUT2D eigenvalue weighted by atomic mass is 9.84. The van der Waals surface area contributed by atoms with Gasteiger partial charge in [-0.2, -0.15) is 0 Å². The van der Waals surface area contributed by atoms with E-state index in [0.29, 0.717) is 25.8 Å². The van der Waals surface area contributed by atoms with Crippen LogP contribution in [0.5, 0.6) is 0 Å². The second-order valence-corrected chi connectivity index (χ2v) is 8.36. The van der Waals surface area contributed by atoms with Gasteiger partial charge in [-0.3, -0.25) is 0 Å². The van der Waals surface area contributed by atoms with Crippen LogP contribution in [0.25, 0.3) is 0 Å². The summed E-state index contributed by atoms with van der Waals surface area (Å²) in [4.78, 5) is 14.7. The summed E-state index contributed by atoms with van der Waals surface area (Å²) in [5, 5.41) is 19.5. The quantitative estimate of drug-likeness (QED) is 0.722. The minimum absolute atomic E-state index is 0.0693. The maximum absolute atomic E-state index is 13.0. The molecule has 0 aromatic heterocycles. The molecule has 2 aromatic carbocycles. The molecule has 3 rings (SSSR count). The number of ether oxygens (including phenoxy) is 1. The number of carbonyl (C=O) groups excluding carboxylic acids is 1. The molecule has 0 aliphatic carbocycles. The molecule has 5 heteroatoms. The molecule has 2 unspecified atom stereocenters. The maximum Gasteiger partial charge on any atom is 0.411 e. The molecular weight excluding hydrogens is 366 g/mol. The molecule has 1 aliphatic rings. The molecule has 1 aliphatic heterocycles. The lowest BCUT2D eigenvalue weighted by Crippen LogP contribution is -2.48. The molecule has 0 spiro atoms. The van der Waals surface area contributed by atoms with Crippen LogP contribution in [0.2, 0.25) is 0 Å². The third-order valence-electron chi connectivity index (χ3n) is 5.88. The number of benzene rings is 2. The van der Waals surface area contributed by atoms with E-state index in [4.69, 9.17) is 4.74 Å². The number of hydrogen-bond donors (Lipinski definition) is 2. The van der Waals surface area contributed by atoms with Crippen LogP contribution in [-0.4, -0.2) is 34.4 Å². The Morgan fingerprint density at radius 2 is 1.79 bits per heavy atom. The van der Waals surface area contributed by atoms with Crippen molar-refractivity contribution in [1.29, 1.82) is 0 Å². The third-order valence-corrected chi connectivity index (χ3v) is 5.88. The summed E-state index contributed by atoms with van der Waals surface area (Å²) in [5.74, 6) is 0. The fourth-order valence-electron chi connectivity index (χ4n) is 4.00. The molecule has 0 radical (unpaired) electrons. The summed E-state index contributed by atoms with van der Waals surface area (Å²) in [5.41, 5.74) is 1.22. The summed E-state index contributed by atoms with van der Waals surface area (Å²) in [7, 11) is 0. The average molecular weight is 398 g/mol. The van der Waals surface area contributed by atoms with E-state index in [2.05, 4.69) is 0 Å². The van der Waals surface area contributed by atoms with E-state index >= 15 is 0 Å². The fraction of sp³-hybridized carbons (Fsp3) is 0.458. The minimum Gasteiger partial charge on any atom is -0.438 e. The van der Waals surface area contributed by atoms with Crippen LogP contribution in [0.4, 0.5) is 4.79 Å². The van der Waals surface area contributed by atoms with Crippen LogP contribution in [0.15, 0.2) is 54.6 Å². The molecule has 1 fully saturated rings. The van der Waals surface area contributed by atoms with Crippen molar-refractivity contribution < 1.29 is 19.7 Å². The molecule has 29 heavy (non-hydrogen) atoms. The zero-order valence-electron chi connectivity index (χ0n) is 17.5. The van der Waals surface area contributed by atoms with E-state index in [0.717, 1.165) is 16.7 Å². The Balaban J connectivity index is 1.78. The molecule has 5 nitrogen and oxygen atoms in total. The lowest BCUT2D eigenvalue weighted by molar-refractivity contribution is -0.0680. The van der Waals surface area contributed by atoms with Gasteiger partial charge in [0.1, 0.15) is 5.60 Å². The largest absolute Gasteiger partial charge is 0.438 e. The minimum atomic E-state index is -0.895. The van der Waals surface area contributed by atoms with Crippen molar-refractivity contribution in [3.8, 4) is 0 Å². The van der Waals surface area contributed by atoms with Crippen LogP contribution in [0.3, 0.4) is 0 Å². The number of aliphatic hydroxyl groups is 2. The fourth-order valence-corrected chi connectivity index (χ4v) is 4.00. The standard InChI is InChI=1S/C24H31NO4/c1-18(19-10-12-20(13-11-19)23(2,3)28)25-16-15-24(14-7-17-26,29-22(25)27)21-8-5-4-6-9-21/h4-6,8-13,18,26,28H,7,14-17H2,1-3H3. The predicted octanol–water partition coefficient (Wildman–Crippen LogP) is 4.49. The van der Waals surface area contributed by atoms with Gasteiger partial charge in [-0.25, -0.2) is 4.79 Å². The second kappa shape index (κ2) is 8.56. The van der Waals surface area contributed by atoms with Crippen molar-refractivity contribution in [2.45, 2.75) is 57.3 Å². The molecular formula is C24H31NO4. The highest BCUT2D eigenvalue weighted by Crippen LogP contribution is 2.40. The normalized spacial score (nSPS) is 21.0. The number of carbonyl (C=O) groups is 1. The summed E-state index contributed by atoms with van der Waals surface area (Å²) in [6.45, 7) is 6.14. The van der Waals surface area contributed by atoms with Gasteiger partial charge in [0.15, 0.2) is 0 Å². The maximum atomic E-state index is 13.0. The number of rotatable bonds is 7. The second-order valence-electron chi connectivity index (χ2n) is 8.36. The van der Waals surface area contributed by atoms with Crippen LogP contribution in [0, 0.1) is 0 Å². The van der Waals surface area contributed by atoms with Crippen LogP contribution in [0.1, 0.15) is 62.8 Å². The van der Waals surface area contributed by atoms with E-state index in [1.165, 1.54) is 0 Å². The highest BCUT2D eigenvalue weighted by molar-refractivity contribution is 5.70. The van der Waals surface area contributed by atoms with Gasteiger partial charge in [0.2, 0.25) is 0 Å². The van der Waals surface area contributed by atoms with E-state index < -0.39 is 11.2 Å². The number of amides is 1. The number of nitrogens with zero attached hydrogens (tertiary/aromatic N) is 1. The van der Waals surface area contributed by atoms with Crippen molar-refractivity contribution in [2.24, 2.45) is 0 Å². The number of hydrogen-bond acceptors (Lipinski definition) is 4. The molecule has 0 saturated carbocycles. The van der Waals surface area contributed by atoms with Crippen LogP contribution >= 0.6 is 0 Å². The Morgan fingerprint density at radius 1 is 1.14 bits per heavy atom. The Morgan fingerprint density at radius 3 is 2.34 bits per heavy atom. The summed E-state index contributed by atoms with van der Waals surface area (Å²) in [6, 6.07) is 17.4. The predicted molar refractivity (Wildman–Crippen MR) is 112 cm³/mol. The Labute approximate surface area is 172 Å². The molecule has 1 heterocycles. The first-order valence-electron chi connectivity index (χ1n) is 10.3. The van der Waals surface area contributed by atoms with Crippen molar-refractivity contribution >= 4 is 6.09 Å². The lowest BCUT2D eigenvalue weighted by Gasteiger charge is -2.43. The van der Waals surface area contributed by atoms with E-state index in [1.54, 1.807) is 18.7 Å². The molecule has 1 amide bonds. The van der Waals surface area contributed by atoms with Crippen molar-refractivity contribution in [1.82, 2.24) is 4.90 Å². The van der Waals surface area contributed by atoms with Gasteiger partial charge in [-0.15, -0.1) is 0 Å². The molecule has 156 valence electrons. The molecule has 2 N–H and O–H groups in total. The topological polar surface area (TPSA) is 70.0 Å². The SMILES string of the molecule is CC(c1ccc(C(C)(C)O)cc1)N1CCC(CCCO)(c2ccccc2)OC1=O. The van der Waals surface area contributed by atoms with Crippen molar-refractivity contribution in [2.75, 3.05) is 13.2 Å². The summed E-state index contributed by atoms with van der Waals surface area (Å²) >= 11 is 0. The van der Waals surface area contributed by atoms with Gasteiger partial charge in [-0.05, 0) is 50.3 Å². The van der Waals surface area contributed by atoms with Gasteiger partial charge in [0.25, 0.3) is 0 Å². The van der Waals surface area contributed by atoms with E-state index in [1.807, 2.05) is 61.5 Å². The highest BCUT2D eigenvalue weighted by atomic mass is 16.6. The van der Waals surface area contributed by atoms with E-state index in [9.17, 15) is 15.0 Å². The highest BCUT2D eigenvalue weighted by Gasteiger charge is 2.43. The van der Waals surface area contributed by atoms with Gasteiger partial charge in [-0.1, -0.05) is 54.6 Å². The summed E-state index contributed by atoms with van der Waals surface area (Å²) in [6.07, 6.45) is 1.52. The smallest absolute Gasteiger partial charge is 0.411 e. The average Bonchev–Trinajstić information content (AvgIpc) is 2.72. The van der Waals surface area contributed by atoms with Gasteiger partial charge in [0.05, 0.1) is 11.6 Å². The third kappa shape index (κ3) is 4.62. The summed E-state index contributed by atoms with van der Waals surface area (Å²) < 4.78 is 6.03. The van der Waals surface area contributed by atoms with Crippen molar-refractivity contribution in [3.05, 3.63) is 71.3 Å². The van der Waals surface area contributed by atoms with Gasteiger partial charge < -0.3 is 19.8 Å². The Bertz CT molecular complexity index is 813. The van der Waals surface area contributed by atoms with Crippen molar-refractivity contribution in [3.63, 3.8) is 0 Å². The van der Waals surface area contributed by atoms with Crippen LogP contribution < -0.4 is 0 Å². The van der Waals surface area contributed by atoms with Gasteiger partial charge >= 0.3 is 6.09 Å². The van der Waals surface area contributed by atoms with Crippen LogP contribution in [-0.2, 0) is 15.9 Å². The zero-order chi connectivity index (χ0) is 21.1. The number of aliphatic hydroxyl groups excluding tert-OH is 1. The Kier molecular flexibility index (Phi) is 6.30.